The molecule has 0 aliphatic rings. The minimum absolute atomic E-state index is 0.0849. The zero-order valence-electron chi connectivity index (χ0n) is 15.1. The number of aryl methyl sites for hydroxylation is 2. The molecule has 0 fully saturated rings. The minimum Gasteiger partial charge on any atom is -0.426 e. The van der Waals surface area contributed by atoms with Gasteiger partial charge in [-0.3, -0.25) is 9.59 Å². The third-order valence-corrected chi connectivity index (χ3v) is 3.87. The number of benzene rings is 2. The van der Waals surface area contributed by atoms with E-state index in [-0.39, 0.29) is 11.9 Å². The smallest absolute Gasteiger partial charge is 0.308 e. The van der Waals surface area contributed by atoms with E-state index in [1.165, 1.54) is 6.92 Å². The SMILES string of the molecule is CNC(=O)c1ccc(CNCc2cc(C)c(OC(C)=O)c(C)c2)cc1. The van der Waals surface area contributed by atoms with Gasteiger partial charge in [0, 0.05) is 32.6 Å². The molecule has 0 aliphatic heterocycles. The van der Waals surface area contributed by atoms with Gasteiger partial charge >= 0.3 is 5.97 Å². The highest BCUT2D eigenvalue weighted by atomic mass is 16.5. The van der Waals surface area contributed by atoms with E-state index in [0.29, 0.717) is 24.4 Å². The third kappa shape index (κ3) is 5.16. The van der Waals surface area contributed by atoms with Crippen LogP contribution in [0.3, 0.4) is 0 Å². The second kappa shape index (κ2) is 8.44. The Morgan fingerprint density at radius 2 is 1.52 bits per heavy atom. The molecule has 0 heterocycles. The minimum atomic E-state index is -0.308. The van der Waals surface area contributed by atoms with Crippen LogP contribution in [0.25, 0.3) is 0 Å². The average molecular weight is 340 g/mol. The highest BCUT2D eigenvalue weighted by molar-refractivity contribution is 5.93. The molecule has 0 aromatic heterocycles. The second-order valence-corrected chi connectivity index (χ2v) is 6.03. The van der Waals surface area contributed by atoms with E-state index in [1.807, 2.05) is 50.2 Å². The van der Waals surface area contributed by atoms with Gasteiger partial charge in [0.15, 0.2) is 0 Å². The number of ether oxygens (including phenoxy) is 1. The maximum absolute atomic E-state index is 11.5. The van der Waals surface area contributed by atoms with Crippen LogP contribution >= 0.6 is 0 Å². The van der Waals surface area contributed by atoms with Gasteiger partial charge in [0.25, 0.3) is 5.91 Å². The fourth-order valence-corrected chi connectivity index (χ4v) is 2.72. The quantitative estimate of drug-likeness (QED) is 0.627. The summed E-state index contributed by atoms with van der Waals surface area (Å²) in [6.07, 6.45) is 0. The molecule has 0 saturated heterocycles. The van der Waals surface area contributed by atoms with E-state index in [9.17, 15) is 9.59 Å². The number of carbonyl (C=O) groups is 2. The van der Waals surface area contributed by atoms with E-state index in [4.69, 9.17) is 4.74 Å². The Labute approximate surface area is 148 Å². The molecule has 0 bridgehead atoms. The highest BCUT2D eigenvalue weighted by Crippen LogP contribution is 2.25. The second-order valence-electron chi connectivity index (χ2n) is 6.03. The largest absolute Gasteiger partial charge is 0.426 e. The lowest BCUT2D eigenvalue weighted by molar-refractivity contribution is -0.131. The van der Waals surface area contributed by atoms with Gasteiger partial charge < -0.3 is 15.4 Å². The van der Waals surface area contributed by atoms with Crippen molar-refractivity contribution in [1.29, 1.82) is 0 Å². The molecule has 2 N–H and O–H groups in total. The molecule has 2 aromatic carbocycles. The van der Waals surface area contributed by atoms with Crippen molar-refractivity contribution < 1.29 is 14.3 Å². The van der Waals surface area contributed by atoms with Crippen LogP contribution in [0, 0.1) is 13.8 Å². The molecule has 0 spiro atoms. The normalized spacial score (nSPS) is 10.4. The van der Waals surface area contributed by atoms with Gasteiger partial charge in [0.1, 0.15) is 5.75 Å². The lowest BCUT2D eigenvalue weighted by atomic mass is 10.1. The summed E-state index contributed by atoms with van der Waals surface area (Å²) in [4.78, 5) is 22.7. The van der Waals surface area contributed by atoms with Crippen LogP contribution in [0.2, 0.25) is 0 Å². The third-order valence-electron chi connectivity index (χ3n) is 3.87. The summed E-state index contributed by atoms with van der Waals surface area (Å²) in [5, 5.41) is 5.99. The van der Waals surface area contributed by atoms with Crippen LogP contribution in [-0.4, -0.2) is 18.9 Å². The molecular weight excluding hydrogens is 316 g/mol. The van der Waals surface area contributed by atoms with Crippen molar-refractivity contribution in [3.05, 3.63) is 64.2 Å². The Balaban J connectivity index is 1.95. The molecule has 5 heteroatoms. The topological polar surface area (TPSA) is 67.4 Å². The van der Waals surface area contributed by atoms with Crippen molar-refractivity contribution in [1.82, 2.24) is 10.6 Å². The molecule has 25 heavy (non-hydrogen) atoms. The molecule has 0 unspecified atom stereocenters. The molecule has 2 aromatic rings. The predicted octanol–water partition coefficient (Wildman–Crippen LogP) is 2.88. The number of hydrogen-bond donors (Lipinski definition) is 2. The van der Waals surface area contributed by atoms with Crippen LogP contribution in [-0.2, 0) is 17.9 Å². The van der Waals surface area contributed by atoms with Crippen molar-refractivity contribution in [3.8, 4) is 5.75 Å². The van der Waals surface area contributed by atoms with E-state index in [0.717, 1.165) is 22.3 Å². The molecule has 5 nitrogen and oxygen atoms in total. The number of carbonyl (C=O) groups excluding carboxylic acids is 2. The zero-order valence-corrected chi connectivity index (χ0v) is 15.1. The summed E-state index contributed by atoms with van der Waals surface area (Å²) in [6, 6.07) is 11.6. The Hall–Kier alpha value is -2.66. The molecule has 132 valence electrons. The van der Waals surface area contributed by atoms with Crippen LogP contribution in [0.5, 0.6) is 5.75 Å². The summed E-state index contributed by atoms with van der Waals surface area (Å²) in [5.41, 5.74) is 4.79. The van der Waals surface area contributed by atoms with Gasteiger partial charge in [-0.25, -0.2) is 0 Å². The van der Waals surface area contributed by atoms with E-state index in [2.05, 4.69) is 10.6 Å². The van der Waals surface area contributed by atoms with Gasteiger partial charge in [0.2, 0.25) is 0 Å². The average Bonchev–Trinajstić information content (AvgIpc) is 2.58. The monoisotopic (exact) mass is 340 g/mol. The van der Waals surface area contributed by atoms with Crippen molar-refractivity contribution in [2.45, 2.75) is 33.9 Å². The zero-order chi connectivity index (χ0) is 18.4. The first kappa shape index (κ1) is 18.7. The predicted molar refractivity (Wildman–Crippen MR) is 97.6 cm³/mol. The standard InChI is InChI=1S/C20H24N2O3/c1-13-9-17(10-14(2)19(13)25-15(3)23)12-22-11-16-5-7-18(8-6-16)20(24)21-4/h5-10,22H,11-12H2,1-4H3,(H,21,24). The Kier molecular flexibility index (Phi) is 6.31. The summed E-state index contributed by atoms with van der Waals surface area (Å²) in [5.74, 6) is 0.247. The summed E-state index contributed by atoms with van der Waals surface area (Å²) >= 11 is 0. The first-order valence-corrected chi connectivity index (χ1v) is 8.21. The van der Waals surface area contributed by atoms with Crippen LogP contribution in [0.15, 0.2) is 36.4 Å². The lowest BCUT2D eigenvalue weighted by Gasteiger charge is -2.12. The first-order valence-electron chi connectivity index (χ1n) is 8.21. The van der Waals surface area contributed by atoms with Crippen molar-refractivity contribution in [3.63, 3.8) is 0 Å². The molecule has 0 aliphatic carbocycles. The van der Waals surface area contributed by atoms with Crippen LogP contribution in [0.1, 0.15) is 39.5 Å². The summed E-state index contributed by atoms with van der Waals surface area (Å²) in [7, 11) is 1.62. The maximum atomic E-state index is 11.5. The fraction of sp³-hybridized carbons (Fsp3) is 0.300. The first-order chi connectivity index (χ1) is 11.9. The number of esters is 1. The van der Waals surface area contributed by atoms with E-state index in [1.54, 1.807) is 7.05 Å². The van der Waals surface area contributed by atoms with Gasteiger partial charge in [-0.05, 0) is 48.2 Å². The molecule has 0 radical (unpaired) electrons. The summed E-state index contributed by atoms with van der Waals surface area (Å²) < 4.78 is 5.25. The van der Waals surface area contributed by atoms with Gasteiger partial charge in [-0.15, -0.1) is 0 Å². The van der Waals surface area contributed by atoms with Crippen LogP contribution < -0.4 is 15.4 Å². The molecule has 2 rings (SSSR count). The number of rotatable bonds is 6. The van der Waals surface area contributed by atoms with Crippen molar-refractivity contribution in [2.24, 2.45) is 0 Å². The molecule has 0 atom stereocenters. The molecular formula is C20H24N2O3. The van der Waals surface area contributed by atoms with Crippen molar-refractivity contribution in [2.75, 3.05) is 7.05 Å². The molecule has 0 saturated carbocycles. The Bertz CT molecular complexity index is 744. The van der Waals surface area contributed by atoms with E-state index < -0.39 is 0 Å². The Morgan fingerprint density at radius 3 is 2.04 bits per heavy atom. The fourth-order valence-electron chi connectivity index (χ4n) is 2.72. The molecule has 1 amide bonds. The maximum Gasteiger partial charge on any atom is 0.308 e. The number of amides is 1. The van der Waals surface area contributed by atoms with E-state index >= 15 is 0 Å². The van der Waals surface area contributed by atoms with Gasteiger partial charge in [0.05, 0.1) is 0 Å². The number of nitrogens with one attached hydrogen (secondary N) is 2. The van der Waals surface area contributed by atoms with Gasteiger partial charge in [-0.2, -0.15) is 0 Å². The van der Waals surface area contributed by atoms with Crippen LogP contribution in [0.4, 0.5) is 0 Å². The Morgan fingerprint density at radius 1 is 0.960 bits per heavy atom. The van der Waals surface area contributed by atoms with Gasteiger partial charge in [-0.1, -0.05) is 24.3 Å². The van der Waals surface area contributed by atoms with Crippen molar-refractivity contribution >= 4 is 11.9 Å². The highest BCUT2D eigenvalue weighted by Gasteiger charge is 2.09. The lowest BCUT2D eigenvalue weighted by Crippen LogP contribution is -2.18. The number of hydrogen-bond acceptors (Lipinski definition) is 4. The summed E-state index contributed by atoms with van der Waals surface area (Å²) in [6.45, 7) is 6.69.